The first-order chi connectivity index (χ1) is 21.3. The summed E-state index contributed by atoms with van der Waals surface area (Å²) in [6, 6.07) is 0. The molecule has 0 aliphatic carbocycles. The van der Waals surface area contributed by atoms with Gasteiger partial charge in [0.05, 0.1) is 0 Å². The van der Waals surface area contributed by atoms with Crippen molar-refractivity contribution >= 4 is 26.1 Å². The quantitative estimate of drug-likeness (QED) is 0.0393. The van der Waals surface area contributed by atoms with Crippen molar-refractivity contribution in [1.29, 1.82) is 0 Å². The number of rotatable bonds is 34. The molecule has 262 valence electrons. The maximum atomic E-state index is 12.4. The van der Waals surface area contributed by atoms with E-state index >= 15 is 0 Å². The fraction of sp³-hybridized carbons (Fsp3) is 0.944. The molecule has 0 saturated heterocycles. The molecule has 0 aromatic carbocycles. The Labute approximate surface area is 274 Å². The van der Waals surface area contributed by atoms with Crippen molar-refractivity contribution < 1.29 is 31.0 Å². The Morgan fingerprint density at radius 1 is 0.523 bits per heavy atom. The van der Waals surface area contributed by atoms with E-state index in [0.717, 1.165) is 38.5 Å². The summed E-state index contributed by atoms with van der Waals surface area (Å²) in [5.41, 5.74) is 0. The second-order valence-electron chi connectivity index (χ2n) is 13.0. The van der Waals surface area contributed by atoms with Crippen LogP contribution in [0.4, 0.5) is 0 Å². The van der Waals surface area contributed by atoms with Gasteiger partial charge < -0.3 is 0 Å². The Morgan fingerprint density at radius 2 is 0.841 bits per heavy atom. The van der Waals surface area contributed by atoms with Crippen LogP contribution in [-0.4, -0.2) is 47.0 Å². The van der Waals surface area contributed by atoms with Crippen molar-refractivity contribution in [2.75, 3.05) is 6.61 Å². The van der Waals surface area contributed by atoms with Gasteiger partial charge in [-0.2, -0.15) is 0 Å². The van der Waals surface area contributed by atoms with Gasteiger partial charge in [-0.1, -0.05) is 110 Å². The van der Waals surface area contributed by atoms with Crippen LogP contribution in [0.3, 0.4) is 0 Å². The van der Waals surface area contributed by atoms with Gasteiger partial charge in [0.1, 0.15) is 0 Å². The van der Waals surface area contributed by atoms with Crippen LogP contribution in [0.2, 0.25) is 5.21 Å². The van der Waals surface area contributed by atoms with Gasteiger partial charge in [-0.05, 0) is 0 Å². The van der Waals surface area contributed by atoms with Crippen molar-refractivity contribution in [3.63, 3.8) is 0 Å². The first kappa shape index (κ1) is 43.2. The smallest absolute Gasteiger partial charge is 0.0654 e. The molecule has 8 heteroatoms. The molecule has 0 spiro atoms. The van der Waals surface area contributed by atoms with E-state index in [2.05, 4.69) is 13.8 Å². The molecule has 0 aliphatic heterocycles. The number of carbonyl (C=O) groups is 2. The van der Waals surface area contributed by atoms with Crippen LogP contribution in [0, 0.1) is 0 Å². The summed E-state index contributed by atoms with van der Waals surface area (Å²) >= 11 is -4.86. The van der Waals surface area contributed by atoms with Crippen LogP contribution >= 0.6 is 0 Å². The number of ether oxygens (including phenoxy) is 2. The molecule has 44 heavy (non-hydrogen) atoms. The van der Waals surface area contributed by atoms with Gasteiger partial charge in [-0.25, -0.2) is 0 Å². The van der Waals surface area contributed by atoms with Gasteiger partial charge in [-0.15, -0.1) is 0 Å². The van der Waals surface area contributed by atoms with E-state index in [9.17, 15) is 21.5 Å². The SMILES string of the molecule is CCCCCCCCCCCCCCCC(=O)OC[C@@H](CC[As](=O)(O)O)OC(=O)CCCCCCCCCCCCCCC. The summed E-state index contributed by atoms with van der Waals surface area (Å²) in [7, 11) is 0. The van der Waals surface area contributed by atoms with Crippen LogP contribution in [0.5, 0.6) is 0 Å². The van der Waals surface area contributed by atoms with Gasteiger partial charge in [0.25, 0.3) is 0 Å². The van der Waals surface area contributed by atoms with E-state index in [1.807, 2.05) is 0 Å². The second kappa shape index (κ2) is 32.2. The Hall–Kier alpha value is -0.782. The van der Waals surface area contributed by atoms with Crippen molar-refractivity contribution in [2.24, 2.45) is 0 Å². The van der Waals surface area contributed by atoms with Gasteiger partial charge in [-0.3, -0.25) is 0 Å². The van der Waals surface area contributed by atoms with E-state index in [4.69, 9.17) is 9.47 Å². The van der Waals surface area contributed by atoms with Crippen LogP contribution < -0.4 is 0 Å². The molecule has 0 radical (unpaired) electrons. The molecule has 0 saturated carbocycles. The minimum Gasteiger partial charge on any atom is -0.0654 e. The van der Waals surface area contributed by atoms with E-state index < -0.39 is 20.3 Å². The molecule has 1 atom stereocenters. The van der Waals surface area contributed by atoms with Crippen LogP contribution in [0.25, 0.3) is 0 Å². The topological polar surface area (TPSA) is 110 Å². The fourth-order valence-electron chi connectivity index (χ4n) is 5.57. The third kappa shape index (κ3) is 34.1. The molecule has 0 heterocycles. The predicted molar refractivity (Wildman–Crippen MR) is 182 cm³/mol. The molecule has 0 fully saturated rings. The van der Waals surface area contributed by atoms with Gasteiger partial charge in [0, 0.05) is 0 Å². The van der Waals surface area contributed by atoms with Crippen molar-refractivity contribution in [2.45, 2.75) is 211 Å². The number of hydrogen-bond acceptors (Lipinski definition) is 5. The third-order valence-corrected chi connectivity index (χ3v) is 10.2. The van der Waals surface area contributed by atoms with Crippen LogP contribution in [0.15, 0.2) is 0 Å². The first-order valence-electron chi connectivity index (χ1n) is 18.7. The molecule has 0 aliphatic rings. The Kier molecular flexibility index (Phi) is 31.6. The zero-order valence-corrected chi connectivity index (χ0v) is 30.8. The van der Waals surface area contributed by atoms with E-state index in [1.165, 1.54) is 128 Å². The minimum atomic E-state index is -4.86. The molecule has 2 N–H and O–H groups in total. The van der Waals surface area contributed by atoms with E-state index in [1.54, 1.807) is 0 Å². The Bertz CT molecular complexity index is 694. The summed E-state index contributed by atoms with van der Waals surface area (Å²) in [5.74, 6) is -0.726. The summed E-state index contributed by atoms with van der Waals surface area (Å²) in [4.78, 5) is 24.6. The van der Waals surface area contributed by atoms with E-state index in [0.29, 0.717) is 6.42 Å². The Morgan fingerprint density at radius 3 is 1.18 bits per heavy atom. The van der Waals surface area contributed by atoms with E-state index in [-0.39, 0.29) is 36.6 Å². The average molecular weight is 691 g/mol. The van der Waals surface area contributed by atoms with Gasteiger partial charge >= 0.3 is 165 Å². The molecular weight excluding hydrogens is 619 g/mol. The number of esters is 2. The molecule has 0 aromatic rings. The zero-order valence-electron chi connectivity index (χ0n) is 28.9. The molecule has 0 bridgehead atoms. The number of unbranched alkanes of at least 4 members (excludes halogenated alkanes) is 24. The first-order valence-corrected chi connectivity index (χ1v) is 22.4. The summed E-state index contributed by atoms with van der Waals surface area (Å²) in [6.45, 7) is 4.35. The van der Waals surface area contributed by atoms with Crippen LogP contribution in [-0.2, 0) is 22.8 Å². The average Bonchev–Trinajstić information content (AvgIpc) is 2.98. The maximum absolute atomic E-state index is 12.4. The van der Waals surface area contributed by atoms with Crippen molar-refractivity contribution in [3.8, 4) is 0 Å². The number of hydrogen-bond donors (Lipinski definition) is 2. The monoisotopic (exact) mass is 690 g/mol. The normalized spacial score (nSPS) is 12.4. The molecule has 0 rings (SSSR count). The molecule has 0 amide bonds. The standard InChI is InChI=1S/C36H71AsO7/c1-3-5-7-9-11-13-15-17-19-21-23-25-27-29-35(38)43-33-34(31-32-37(40,41)42)44-36(39)30-28-26-24-22-20-18-16-14-12-10-8-6-4-2/h34H,3-33H2,1-2H3,(H2,40,41,42)/t34-/m1/s1. The third-order valence-electron chi connectivity index (χ3n) is 8.44. The predicted octanol–water partition coefficient (Wildman–Crippen LogP) is 10.1. The summed E-state index contributed by atoms with van der Waals surface area (Å²) < 4.78 is 40.9. The molecular formula is C36H71AsO7. The second-order valence-corrected chi connectivity index (χ2v) is 16.7. The molecule has 0 aromatic heterocycles. The van der Waals surface area contributed by atoms with Crippen LogP contribution in [0.1, 0.15) is 200 Å². The Balaban J connectivity index is 3.94. The van der Waals surface area contributed by atoms with Gasteiger partial charge in [0.2, 0.25) is 0 Å². The molecule has 7 nitrogen and oxygen atoms in total. The minimum absolute atomic E-state index is 0.000135. The van der Waals surface area contributed by atoms with Gasteiger partial charge in [0.15, 0.2) is 0 Å². The zero-order chi connectivity index (χ0) is 32.6. The fourth-order valence-corrected chi connectivity index (χ4v) is 6.88. The number of carbonyl (C=O) groups excluding carboxylic acids is 2. The van der Waals surface area contributed by atoms with Crippen molar-refractivity contribution in [3.05, 3.63) is 0 Å². The summed E-state index contributed by atoms with van der Waals surface area (Å²) in [5, 5.41) is -0.342. The summed E-state index contributed by atoms with van der Waals surface area (Å²) in [6.07, 6.45) is 31.8. The molecule has 0 unspecified atom stereocenters. The van der Waals surface area contributed by atoms with Crippen molar-refractivity contribution in [1.82, 2.24) is 0 Å².